The molecule has 1 atom stereocenters. The molecule has 2 N–H and O–H groups in total. The summed E-state index contributed by atoms with van der Waals surface area (Å²) < 4.78 is 5.27. The predicted molar refractivity (Wildman–Crippen MR) is 106 cm³/mol. The lowest BCUT2D eigenvalue weighted by molar-refractivity contribution is -0.129. The standard InChI is InChI=1S/C19H27N7O2/c1-3-17(27)26-12-9-14(13-26)23-19(20-4-2)22-11-8-16-24-18(28-25-16)15-7-5-6-10-21-15/h5-7,10,14H,3-4,8-9,11-13H2,1-2H3,(H2,20,22,23). The SMILES string of the molecule is CCNC(=NCCc1noc(-c2ccccn2)n1)NC1CCN(C(=O)CC)C1. The number of hydrogen-bond donors (Lipinski definition) is 2. The average Bonchev–Trinajstić information content (AvgIpc) is 3.38. The highest BCUT2D eigenvalue weighted by atomic mass is 16.5. The van der Waals surface area contributed by atoms with Crippen molar-refractivity contribution in [3.05, 3.63) is 30.2 Å². The number of guanidine groups is 1. The zero-order chi connectivity index (χ0) is 19.8. The third kappa shape index (κ3) is 5.28. The molecule has 28 heavy (non-hydrogen) atoms. The van der Waals surface area contributed by atoms with Crippen molar-refractivity contribution in [3.63, 3.8) is 0 Å². The summed E-state index contributed by atoms with van der Waals surface area (Å²) in [4.78, 5) is 26.9. The lowest BCUT2D eigenvalue weighted by Crippen LogP contribution is -2.45. The number of rotatable bonds is 7. The van der Waals surface area contributed by atoms with E-state index < -0.39 is 0 Å². The molecule has 3 heterocycles. The highest BCUT2D eigenvalue weighted by Crippen LogP contribution is 2.13. The third-order valence-electron chi connectivity index (χ3n) is 4.49. The molecule has 0 saturated carbocycles. The maximum absolute atomic E-state index is 11.8. The Bertz CT molecular complexity index is 791. The molecule has 0 radical (unpaired) electrons. The molecule has 1 amide bonds. The van der Waals surface area contributed by atoms with Crippen molar-refractivity contribution in [1.82, 2.24) is 30.7 Å². The molecule has 0 bridgehead atoms. The molecule has 0 aliphatic carbocycles. The zero-order valence-corrected chi connectivity index (χ0v) is 16.4. The van der Waals surface area contributed by atoms with Crippen molar-refractivity contribution in [3.8, 4) is 11.6 Å². The van der Waals surface area contributed by atoms with Gasteiger partial charge in [0.15, 0.2) is 11.8 Å². The number of amides is 1. The zero-order valence-electron chi connectivity index (χ0n) is 16.4. The number of carbonyl (C=O) groups is 1. The molecule has 1 unspecified atom stereocenters. The van der Waals surface area contributed by atoms with E-state index in [2.05, 4.69) is 30.8 Å². The minimum Gasteiger partial charge on any atom is -0.357 e. The molecule has 1 saturated heterocycles. The number of hydrogen-bond acceptors (Lipinski definition) is 6. The Balaban J connectivity index is 1.52. The van der Waals surface area contributed by atoms with Crippen LogP contribution in [0.1, 0.15) is 32.5 Å². The first-order chi connectivity index (χ1) is 13.7. The molecule has 2 aromatic rings. The lowest BCUT2D eigenvalue weighted by Gasteiger charge is -2.18. The Morgan fingerprint density at radius 3 is 3.04 bits per heavy atom. The van der Waals surface area contributed by atoms with Crippen molar-refractivity contribution in [2.24, 2.45) is 4.99 Å². The fourth-order valence-electron chi connectivity index (χ4n) is 3.06. The molecule has 3 rings (SSSR count). The van der Waals surface area contributed by atoms with Crippen LogP contribution in [0.5, 0.6) is 0 Å². The fraction of sp³-hybridized carbons (Fsp3) is 0.526. The van der Waals surface area contributed by atoms with Gasteiger partial charge in [0.2, 0.25) is 5.91 Å². The van der Waals surface area contributed by atoms with Gasteiger partial charge in [-0.2, -0.15) is 4.98 Å². The maximum Gasteiger partial charge on any atom is 0.276 e. The van der Waals surface area contributed by atoms with Crippen LogP contribution in [0.3, 0.4) is 0 Å². The molecule has 2 aromatic heterocycles. The quantitative estimate of drug-likeness (QED) is 0.545. The Kier molecular flexibility index (Phi) is 6.94. The average molecular weight is 385 g/mol. The summed E-state index contributed by atoms with van der Waals surface area (Å²) in [7, 11) is 0. The molecular weight excluding hydrogens is 358 g/mol. The Morgan fingerprint density at radius 1 is 1.39 bits per heavy atom. The summed E-state index contributed by atoms with van der Waals surface area (Å²) in [5.74, 6) is 1.95. The lowest BCUT2D eigenvalue weighted by atomic mass is 10.3. The van der Waals surface area contributed by atoms with Gasteiger partial charge in [-0.3, -0.25) is 14.8 Å². The second kappa shape index (κ2) is 9.82. The molecular formula is C19H27N7O2. The van der Waals surface area contributed by atoms with Crippen LogP contribution in [-0.4, -0.2) is 64.1 Å². The summed E-state index contributed by atoms with van der Waals surface area (Å²) in [5.41, 5.74) is 0.659. The van der Waals surface area contributed by atoms with Gasteiger partial charge < -0.3 is 20.1 Å². The monoisotopic (exact) mass is 385 g/mol. The van der Waals surface area contributed by atoms with Crippen molar-refractivity contribution in [2.45, 2.75) is 39.2 Å². The van der Waals surface area contributed by atoms with Crippen LogP contribution in [0.4, 0.5) is 0 Å². The summed E-state index contributed by atoms with van der Waals surface area (Å²) in [6, 6.07) is 5.76. The second-order valence-electron chi connectivity index (χ2n) is 6.56. The van der Waals surface area contributed by atoms with Crippen molar-refractivity contribution in [2.75, 3.05) is 26.2 Å². The summed E-state index contributed by atoms with van der Waals surface area (Å²) in [6.07, 6.45) is 3.73. The number of carbonyl (C=O) groups excluding carboxylic acids is 1. The number of nitrogens with zero attached hydrogens (tertiary/aromatic N) is 5. The minimum atomic E-state index is 0.201. The van der Waals surface area contributed by atoms with E-state index in [1.807, 2.05) is 36.9 Å². The first kappa shape index (κ1) is 19.8. The van der Waals surface area contributed by atoms with Crippen molar-refractivity contribution in [1.29, 1.82) is 0 Å². The van der Waals surface area contributed by atoms with E-state index in [-0.39, 0.29) is 11.9 Å². The highest BCUT2D eigenvalue weighted by molar-refractivity contribution is 5.80. The molecule has 1 aliphatic rings. The first-order valence-electron chi connectivity index (χ1n) is 9.76. The van der Waals surface area contributed by atoms with Crippen molar-refractivity contribution >= 4 is 11.9 Å². The van der Waals surface area contributed by atoms with Gasteiger partial charge in [-0.25, -0.2) is 0 Å². The van der Waals surface area contributed by atoms with Crippen LogP contribution >= 0.6 is 0 Å². The smallest absolute Gasteiger partial charge is 0.276 e. The van der Waals surface area contributed by atoms with E-state index in [0.29, 0.717) is 36.8 Å². The minimum absolute atomic E-state index is 0.201. The van der Waals surface area contributed by atoms with Gasteiger partial charge in [0.1, 0.15) is 5.69 Å². The third-order valence-corrected chi connectivity index (χ3v) is 4.49. The maximum atomic E-state index is 11.8. The molecule has 9 nitrogen and oxygen atoms in total. The number of aromatic nitrogens is 3. The van der Waals surface area contributed by atoms with E-state index in [9.17, 15) is 4.79 Å². The normalized spacial score (nSPS) is 17.0. The van der Waals surface area contributed by atoms with Crippen LogP contribution in [0, 0.1) is 0 Å². The van der Waals surface area contributed by atoms with Crippen LogP contribution in [-0.2, 0) is 11.2 Å². The van der Waals surface area contributed by atoms with Crippen LogP contribution in [0.2, 0.25) is 0 Å². The largest absolute Gasteiger partial charge is 0.357 e. The molecule has 1 aliphatic heterocycles. The van der Waals surface area contributed by atoms with Gasteiger partial charge in [0.25, 0.3) is 5.89 Å². The molecule has 150 valence electrons. The van der Waals surface area contributed by atoms with E-state index in [1.165, 1.54) is 0 Å². The van der Waals surface area contributed by atoms with Crippen LogP contribution in [0.15, 0.2) is 33.9 Å². The van der Waals surface area contributed by atoms with Gasteiger partial charge in [-0.15, -0.1) is 0 Å². The topological polar surface area (TPSA) is 109 Å². The molecule has 9 heteroatoms. The van der Waals surface area contributed by atoms with E-state index >= 15 is 0 Å². The van der Waals surface area contributed by atoms with Gasteiger partial charge in [0, 0.05) is 51.3 Å². The fourth-order valence-corrected chi connectivity index (χ4v) is 3.06. The van der Waals surface area contributed by atoms with E-state index in [4.69, 9.17) is 4.52 Å². The number of aliphatic imine (C=N–C) groups is 1. The number of likely N-dealkylation sites (tertiary alicyclic amines) is 1. The summed E-state index contributed by atoms with van der Waals surface area (Å²) >= 11 is 0. The molecule has 0 aromatic carbocycles. The van der Waals surface area contributed by atoms with Crippen LogP contribution in [0.25, 0.3) is 11.6 Å². The van der Waals surface area contributed by atoms with Gasteiger partial charge in [-0.1, -0.05) is 18.1 Å². The van der Waals surface area contributed by atoms with Crippen LogP contribution < -0.4 is 10.6 Å². The predicted octanol–water partition coefficient (Wildman–Crippen LogP) is 1.24. The van der Waals surface area contributed by atoms with E-state index in [1.54, 1.807) is 6.20 Å². The van der Waals surface area contributed by atoms with Gasteiger partial charge in [0.05, 0.1) is 0 Å². The number of pyridine rings is 1. The van der Waals surface area contributed by atoms with Crippen molar-refractivity contribution < 1.29 is 9.32 Å². The Labute approximate surface area is 164 Å². The first-order valence-corrected chi connectivity index (χ1v) is 9.76. The highest BCUT2D eigenvalue weighted by Gasteiger charge is 2.25. The molecule has 0 spiro atoms. The second-order valence-corrected chi connectivity index (χ2v) is 6.56. The number of nitrogens with one attached hydrogen (secondary N) is 2. The van der Waals surface area contributed by atoms with E-state index in [0.717, 1.165) is 32.0 Å². The summed E-state index contributed by atoms with van der Waals surface area (Å²) in [5, 5.41) is 10.7. The summed E-state index contributed by atoms with van der Waals surface area (Å²) in [6.45, 7) is 6.73. The van der Waals surface area contributed by atoms with Gasteiger partial charge in [-0.05, 0) is 25.5 Å². The Hall–Kier alpha value is -2.97. The Morgan fingerprint density at radius 2 is 2.29 bits per heavy atom. The molecule has 1 fully saturated rings. The van der Waals surface area contributed by atoms with Gasteiger partial charge >= 0.3 is 0 Å².